The molecule has 0 heterocycles. The molecule has 0 aromatic heterocycles. The molecule has 0 amide bonds. The van der Waals surface area contributed by atoms with Crippen LogP contribution in [0, 0.1) is 6.07 Å². The minimum absolute atomic E-state index is 0. The molecular formula is C11H11ClSTi. The van der Waals surface area contributed by atoms with Crippen molar-refractivity contribution in [1.82, 2.24) is 0 Å². The second-order valence-electron chi connectivity index (χ2n) is 2.34. The van der Waals surface area contributed by atoms with E-state index in [1.165, 1.54) is 0 Å². The molecule has 1 aliphatic rings. The van der Waals surface area contributed by atoms with Crippen LogP contribution < -0.4 is 0 Å². The number of hydrogen-bond acceptors (Lipinski definition) is 1. The van der Waals surface area contributed by atoms with Gasteiger partial charge in [-0.05, 0) is 6.42 Å². The maximum atomic E-state index is 4.80. The van der Waals surface area contributed by atoms with Gasteiger partial charge in [0.2, 0.25) is 0 Å². The third kappa shape index (κ3) is 8.52. The third-order valence-electron chi connectivity index (χ3n) is 1.34. The van der Waals surface area contributed by atoms with Gasteiger partial charge in [0, 0.05) is 0 Å². The van der Waals surface area contributed by atoms with Crippen molar-refractivity contribution in [2.24, 2.45) is 0 Å². The minimum atomic E-state index is 0. The van der Waals surface area contributed by atoms with E-state index in [1.54, 1.807) is 0 Å². The summed E-state index contributed by atoms with van der Waals surface area (Å²) in [6.07, 6.45) is 6.98. The van der Waals surface area contributed by atoms with E-state index in [-0.39, 0.29) is 34.1 Å². The molecule has 14 heavy (non-hydrogen) atoms. The molecule has 0 atom stereocenters. The molecule has 0 saturated carbocycles. The van der Waals surface area contributed by atoms with Gasteiger partial charge in [0.1, 0.15) is 0 Å². The van der Waals surface area contributed by atoms with Crippen molar-refractivity contribution in [3.8, 4) is 0 Å². The van der Waals surface area contributed by atoms with Crippen LogP contribution >= 0.6 is 12.4 Å². The normalized spacial score (nSPS) is 11.3. The van der Waals surface area contributed by atoms with Crippen molar-refractivity contribution in [2.45, 2.75) is 6.42 Å². The summed E-state index contributed by atoms with van der Waals surface area (Å²) in [6.45, 7) is 0. The first-order valence-electron chi connectivity index (χ1n) is 3.83. The van der Waals surface area contributed by atoms with E-state index in [0.29, 0.717) is 0 Å². The Morgan fingerprint density at radius 2 is 1.79 bits per heavy atom. The van der Waals surface area contributed by atoms with Crippen LogP contribution in [0.25, 0.3) is 0 Å². The summed E-state index contributed by atoms with van der Waals surface area (Å²) in [7, 11) is 0. The molecule has 0 spiro atoms. The number of benzene rings is 1. The predicted octanol–water partition coefficient (Wildman–Crippen LogP) is 3.28. The molecule has 3 heteroatoms. The van der Waals surface area contributed by atoms with Gasteiger partial charge in [-0.25, -0.2) is 0 Å². The van der Waals surface area contributed by atoms with E-state index < -0.39 is 0 Å². The summed E-state index contributed by atoms with van der Waals surface area (Å²) in [4.78, 5) is 1.05. The second-order valence-corrected chi connectivity index (χ2v) is 2.87. The fourth-order valence-corrected chi connectivity index (χ4v) is 0.944. The van der Waals surface area contributed by atoms with Crippen LogP contribution in [0.5, 0.6) is 0 Å². The molecule has 72 valence electrons. The van der Waals surface area contributed by atoms with Gasteiger partial charge in [0.05, 0.1) is 0 Å². The Balaban J connectivity index is 0. The third-order valence-corrected chi connectivity index (χ3v) is 1.65. The molecule has 1 aliphatic carbocycles. The molecule has 0 bridgehead atoms. The van der Waals surface area contributed by atoms with Crippen molar-refractivity contribution in [3.05, 3.63) is 59.5 Å². The summed E-state index contributed by atoms with van der Waals surface area (Å²) in [6, 6.07) is 12.5. The zero-order valence-electron chi connectivity index (χ0n) is 7.64. The van der Waals surface area contributed by atoms with E-state index in [9.17, 15) is 0 Å². The van der Waals surface area contributed by atoms with Crippen molar-refractivity contribution in [3.63, 3.8) is 0 Å². The molecule has 1 aromatic rings. The molecule has 0 radical (unpaired) electrons. The Labute approximate surface area is 112 Å². The topological polar surface area (TPSA) is 0 Å². The Hall–Kier alpha value is -0.0757. The number of allylic oxidation sites excluding steroid dienone is 4. The summed E-state index contributed by atoms with van der Waals surface area (Å²) in [5.41, 5.74) is 0. The first kappa shape index (κ1) is 16.4. The molecular weight excluding hydrogens is 248 g/mol. The van der Waals surface area contributed by atoms with Crippen molar-refractivity contribution in [2.75, 3.05) is 0 Å². The average molecular weight is 259 g/mol. The molecule has 2 rings (SSSR count). The van der Waals surface area contributed by atoms with Crippen LogP contribution in [-0.4, -0.2) is 0 Å². The molecule has 0 N–H and O–H groups in total. The minimum Gasteiger partial charge on any atom is -0.784 e. The molecule has 0 aliphatic heterocycles. The average Bonchev–Trinajstić information content (AvgIpc) is 2.60. The van der Waals surface area contributed by atoms with Crippen LogP contribution in [0.4, 0.5) is 0 Å². The van der Waals surface area contributed by atoms with Crippen molar-refractivity contribution >= 4 is 25.0 Å². The summed E-state index contributed by atoms with van der Waals surface area (Å²) in [5.74, 6) is 0. The summed E-state index contributed by atoms with van der Waals surface area (Å²) in [5, 5.41) is 0. The van der Waals surface area contributed by atoms with E-state index in [1.807, 2.05) is 42.5 Å². The Morgan fingerprint density at radius 1 is 1.14 bits per heavy atom. The fourth-order valence-electron chi connectivity index (χ4n) is 0.770. The number of rotatable bonds is 0. The van der Waals surface area contributed by atoms with Crippen molar-refractivity contribution in [1.29, 1.82) is 0 Å². The first-order valence-corrected chi connectivity index (χ1v) is 4.24. The van der Waals surface area contributed by atoms with Gasteiger partial charge in [-0.1, -0.05) is 18.2 Å². The Bertz CT molecular complexity index is 243. The zero-order chi connectivity index (χ0) is 8.65. The number of hydrogen-bond donors (Lipinski definition) is 0. The van der Waals surface area contributed by atoms with Crippen LogP contribution in [-0.2, 0) is 34.3 Å². The monoisotopic (exact) mass is 258 g/mol. The van der Waals surface area contributed by atoms with Crippen LogP contribution in [0.15, 0.2) is 53.5 Å². The van der Waals surface area contributed by atoms with E-state index in [2.05, 4.69) is 12.1 Å². The van der Waals surface area contributed by atoms with Gasteiger partial charge in [-0.3, -0.25) is 0 Å². The van der Waals surface area contributed by atoms with Gasteiger partial charge in [0.15, 0.2) is 0 Å². The van der Waals surface area contributed by atoms with Gasteiger partial charge >= 0.3 is 21.7 Å². The van der Waals surface area contributed by atoms with E-state index >= 15 is 0 Å². The maximum Gasteiger partial charge on any atom is 2.00 e. The van der Waals surface area contributed by atoms with Gasteiger partial charge in [0.25, 0.3) is 0 Å². The maximum absolute atomic E-state index is 4.80. The van der Waals surface area contributed by atoms with E-state index in [0.717, 1.165) is 11.3 Å². The predicted molar refractivity (Wildman–Crippen MR) is 61.7 cm³/mol. The fraction of sp³-hybridized carbons (Fsp3) is 0.0909. The quantitative estimate of drug-likeness (QED) is 0.391. The Morgan fingerprint density at radius 3 is 1.93 bits per heavy atom. The smallest absolute Gasteiger partial charge is 0.784 e. The largest absolute Gasteiger partial charge is 2.00 e. The SMILES string of the molecule is Cl.[S-]C1=CC=CC1.[Ti+2].[c-]1ccccc1. The first-order chi connectivity index (χ1) is 5.89. The van der Waals surface area contributed by atoms with Crippen LogP contribution in [0.1, 0.15) is 6.42 Å². The summed E-state index contributed by atoms with van der Waals surface area (Å²) >= 11 is 4.80. The van der Waals surface area contributed by atoms with Gasteiger partial charge < -0.3 is 12.6 Å². The molecule has 0 fully saturated rings. The molecule has 0 unspecified atom stereocenters. The van der Waals surface area contributed by atoms with Gasteiger partial charge in [-0.2, -0.15) is 41.3 Å². The molecule has 0 nitrogen and oxygen atoms in total. The van der Waals surface area contributed by atoms with Crippen molar-refractivity contribution < 1.29 is 21.7 Å². The summed E-state index contributed by atoms with van der Waals surface area (Å²) < 4.78 is 0. The molecule has 0 saturated heterocycles. The second kappa shape index (κ2) is 11.0. The van der Waals surface area contributed by atoms with E-state index in [4.69, 9.17) is 12.6 Å². The van der Waals surface area contributed by atoms with Crippen LogP contribution in [0.2, 0.25) is 0 Å². The van der Waals surface area contributed by atoms with Crippen LogP contribution in [0.3, 0.4) is 0 Å². The Kier molecular flexibility index (Phi) is 12.9. The standard InChI is InChI=1S/C6H5.C5H6S.ClH.Ti/c1-2-4-6-5-3-1;6-5-3-1-2-4-5;;/h1-5H;1-3,6H,4H2;1H;/q-1;;;+2/p-1. The molecule has 1 aromatic carbocycles. The zero-order valence-corrected chi connectivity index (χ0v) is 10.8. The van der Waals surface area contributed by atoms with Gasteiger partial charge in [-0.15, -0.1) is 12.4 Å². The number of halogens is 1.